The maximum atomic E-state index is 4.30. The number of halogens is 1. The molecule has 0 aromatic carbocycles. The van der Waals surface area contributed by atoms with Crippen LogP contribution in [0.15, 0.2) is 21.8 Å². The Morgan fingerprint density at radius 3 is 2.73 bits per heavy atom. The van der Waals surface area contributed by atoms with Crippen molar-refractivity contribution in [1.29, 1.82) is 0 Å². The highest BCUT2D eigenvalue weighted by Crippen LogP contribution is 2.16. The van der Waals surface area contributed by atoms with Gasteiger partial charge in [-0.3, -0.25) is 4.99 Å². The molecule has 1 saturated heterocycles. The van der Waals surface area contributed by atoms with Crippen LogP contribution in [0.2, 0.25) is 0 Å². The number of rotatable bonds is 6. The third-order valence-corrected chi connectivity index (χ3v) is 4.78. The van der Waals surface area contributed by atoms with Crippen LogP contribution >= 0.6 is 35.3 Å². The van der Waals surface area contributed by atoms with Gasteiger partial charge in [-0.05, 0) is 54.2 Å². The molecule has 2 N–H and O–H groups in total. The molecule has 1 unspecified atom stereocenters. The topological polar surface area (TPSA) is 39.7 Å². The molecule has 0 saturated carbocycles. The molecule has 2 heterocycles. The molecule has 1 aliphatic heterocycles. The monoisotopic (exact) mass is 436 g/mol. The van der Waals surface area contributed by atoms with Crippen molar-refractivity contribution >= 4 is 41.3 Å². The van der Waals surface area contributed by atoms with E-state index in [0.29, 0.717) is 5.92 Å². The minimum atomic E-state index is 0. The van der Waals surface area contributed by atoms with Crippen LogP contribution in [-0.4, -0.2) is 50.6 Å². The van der Waals surface area contributed by atoms with Gasteiger partial charge in [-0.15, -0.1) is 24.0 Å². The Balaban J connectivity index is 0.00000242. The number of hydrogen-bond donors (Lipinski definition) is 2. The number of nitrogens with one attached hydrogen (secondary N) is 2. The van der Waals surface area contributed by atoms with E-state index in [1.165, 1.54) is 37.9 Å². The minimum absolute atomic E-state index is 0. The lowest BCUT2D eigenvalue weighted by molar-refractivity contribution is 0.232. The van der Waals surface area contributed by atoms with Crippen molar-refractivity contribution in [3.63, 3.8) is 0 Å². The first-order valence-electron chi connectivity index (χ1n) is 7.98. The van der Waals surface area contributed by atoms with Crippen molar-refractivity contribution in [2.75, 3.05) is 39.8 Å². The Kier molecular flexibility index (Phi) is 10.1. The van der Waals surface area contributed by atoms with E-state index in [1.54, 1.807) is 11.3 Å². The van der Waals surface area contributed by atoms with Crippen LogP contribution in [0.4, 0.5) is 0 Å². The number of hydrogen-bond acceptors (Lipinski definition) is 3. The Morgan fingerprint density at radius 2 is 2.09 bits per heavy atom. The molecule has 1 aromatic heterocycles. The van der Waals surface area contributed by atoms with Crippen LogP contribution in [0.5, 0.6) is 0 Å². The number of likely N-dealkylation sites (tertiary alicyclic amines) is 1. The summed E-state index contributed by atoms with van der Waals surface area (Å²) >= 11 is 1.76. The quantitative estimate of drug-likeness (QED) is 0.409. The van der Waals surface area contributed by atoms with Crippen molar-refractivity contribution in [1.82, 2.24) is 15.5 Å². The van der Waals surface area contributed by atoms with E-state index in [-0.39, 0.29) is 24.0 Å². The SMILES string of the molecule is CN=C(NCCN1CCCCC1)NCC(C)c1ccsc1.I. The Labute approximate surface area is 155 Å². The highest BCUT2D eigenvalue weighted by atomic mass is 127. The van der Waals surface area contributed by atoms with Crippen LogP contribution < -0.4 is 10.6 Å². The van der Waals surface area contributed by atoms with Gasteiger partial charge in [0.15, 0.2) is 5.96 Å². The van der Waals surface area contributed by atoms with Gasteiger partial charge in [-0.1, -0.05) is 13.3 Å². The zero-order valence-electron chi connectivity index (χ0n) is 13.7. The largest absolute Gasteiger partial charge is 0.356 e. The molecule has 1 fully saturated rings. The average molecular weight is 436 g/mol. The predicted molar refractivity (Wildman–Crippen MR) is 108 cm³/mol. The van der Waals surface area contributed by atoms with Crippen LogP contribution in [-0.2, 0) is 0 Å². The fraction of sp³-hybridized carbons (Fsp3) is 0.688. The zero-order valence-corrected chi connectivity index (χ0v) is 16.8. The summed E-state index contributed by atoms with van der Waals surface area (Å²) in [4.78, 5) is 6.84. The summed E-state index contributed by atoms with van der Waals surface area (Å²) in [7, 11) is 1.84. The highest BCUT2D eigenvalue weighted by molar-refractivity contribution is 14.0. The number of thiophene rings is 1. The van der Waals surface area contributed by atoms with Gasteiger partial charge in [0.1, 0.15) is 0 Å². The molecule has 4 nitrogen and oxygen atoms in total. The van der Waals surface area contributed by atoms with E-state index >= 15 is 0 Å². The molecule has 0 aliphatic carbocycles. The predicted octanol–water partition coefficient (Wildman–Crippen LogP) is 3.12. The van der Waals surface area contributed by atoms with Gasteiger partial charge in [0.2, 0.25) is 0 Å². The second kappa shape index (κ2) is 11.2. The van der Waals surface area contributed by atoms with Gasteiger partial charge < -0.3 is 15.5 Å². The fourth-order valence-electron chi connectivity index (χ4n) is 2.66. The second-order valence-electron chi connectivity index (χ2n) is 5.74. The summed E-state index contributed by atoms with van der Waals surface area (Å²) in [6.07, 6.45) is 4.10. The maximum absolute atomic E-state index is 4.30. The standard InChI is InChI=1S/C16H28N4S.HI/c1-14(15-6-11-21-13-15)12-19-16(17-2)18-7-10-20-8-4-3-5-9-20;/h6,11,13-14H,3-5,7-10,12H2,1-2H3,(H2,17,18,19);1H. The molecular weight excluding hydrogens is 407 g/mol. The maximum Gasteiger partial charge on any atom is 0.191 e. The molecule has 22 heavy (non-hydrogen) atoms. The molecule has 0 radical (unpaired) electrons. The summed E-state index contributed by atoms with van der Waals surface area (Å²) in [5.74, 6) is 1.42. The molecular formula is C16H29IN4S. The van der Waals surface area contributed by atoms with Crippen molar-refractivity contribution in [3.8, 4) is 0 Å². The molecule has 2 rings (SSSR count). The molecule has 126 valence electrons. The normalized spacial score (nSPS) is 17.6. The number of nitrogens with zero attached hydrogens (tertiary/aromatic N) is 2. The van der Waals surface area contributed by atoms with Gasteiger partial charge in [0.25, 0.3) is 0 Å². The van der Waals surface area contributed by atoms with Crippen molar-refractivity contribution in [2.24, 2.45) is 4.99 Å². The molecule has 1 aliphatic rings. The lowest BCUT2D eigenvalue weighted by Crippen LogP contribution is -2.43. The van der Waals surface area contributed by atoms with Gasteiger partial charge in [-0.2, -0.15) is 11.3 Å². The van der Waals surface area contributed by atoms with Gasteiger partial charge in [0.05, 0.1) is 0 Å². The second-order valence-corrected chi connectivity index (χ2v) is 6.52. The molecule has 1 atom stereocenters. The van der Waals surface area contributed by atoms with Gasteiger partial charge >= 0.3 is 0 Å². The summed E-state index contributed by atoms with van der Waals surface area (Å²) in [6.45, 7) is 7.75. The number of piperidine rings is 1. The number of aliphatic imine (C=N–C) groups is 1. The molecule has 0 bridgehead atoms. The van der Waals surface area contributed by atoms with E-state index in [1.807, 2.05) is 7.05 Å². The van der Waals surface area contributed by atoms with Crippen molar-refractivity contribution in [2.45, 2.75) is 32.1 Å². The fourth-order valence-corrected chi connectivity index (χ4v) is 3.44. The van der Waals surface area contributed by atoms with E-state index in [4.69, 9.17) is 0 Å². The highest BCUT2D eigenvalue weighted by Gasteiger charge is 2.10. The first-order chi connectivity index (χ1) is 10.3. The van der Waals surface area contributed by atoms with Crippen molar-refractivity contribution < 1.29 is 0 Å². The van der Waals surface area contributed by atoms with Crippen molar-refractivity contribution in [3.05, 3.63) is 22.4 Å². The minimum Gasteiger partial charge on any atom is -0.356 e. The van der Waals surface area contributed by atoms with Gasteiger partial charge in [0, 0.05) is 26.7 Å². The molecule has 0 spiro atoms. The average Bonchev–Trinajstić information content (AvgIpc) is 3.06. The third kappa shape index (κ3) is 6.83. The Morgan fingerprint density at radius 1 is 1.32 bits per heavy atom. The Bertz CT molecular complexity index is 416. The lowest BCUT2D eigenvalue weighted by atomic mass is 10.1. The first-order valence-corrected chi connectivity index (χ1v) is 8.93. The summed E-state index contributed by atoms with van der Waals surface area (Å²) in [6, 6.07) is 2.20. The summed E-state index contributed by atoms with van der Waals surface area (Å²) in [5, 5.41) is 11.2. The Hall–Kier alpha value is -0.340. The third-order valence-electron chi connectivity index (χ3n) is 4.08. The molecule has 1 aromatic rings. The van der Waals surface area contributed by atoms with E-state index < -0.39 is 0 Å². The first kappa shape index (κ1) is 19.7. The van der Waals surface area contributed by atoms with Crippen LogP contribution in [0.1, 0.15) is 37.7 Å². The van der Waals surface area contributed by atoms with Crippen LogP contribution in [0.3, 0.4) is 0 Å². The smallest absolute Gasteiger partial charge is 0.191 e. The molecule has 6 heteroatoms. The molecule has 0 amide bonds. The summed E-state index contributed by atoms with van der Waals surface area (Å²) < 4.78 is 0. The lowest BCUT2D eigenvalue weighted by Gasteiger charge is -2.26. The van der Waals surface area contributed by atoms with Crippen LogP contribution in [0.25, 0.3) is 0 Å². The van der Waals surface area contributed by atoms with Gasteiger partial charge in [-0.25, -0.2) is 0 Å². The summed E-state index contributed by atoms with van der Waals surface area (Å²) in [5.41, 5.74) is 1.40. The number of guanidine groups is 1. The van der Waals surface area contributed by atoms with Crippen LogP contribution in [0, 0.1) is 0 Å². The zero-order chi connectivity index (χ0) is 14.9. The van der Waals surface area contributed by atoms with E-state index in [2.05, 4.69) is 44.3 Å². The van der Waals surface area contributed by atoms with E-state index in [9.17, 15) is 0 Å². The van der Waals surface area contributed by atoms with E-state index in [0.717, 1.165) is 25.6 Å².